The highest BCUT2D eigenvalue weighted by Crippen LogP contribution is 2.27. The summed E-state index contributed by atoms with van der Waals surface area (Å²) < 4.78 is 18.4. The Bertz CT molecular complexity index is 664. The summed E-state index contributed by atoms with van der Waals surface area (Å²) in [5.41, 5.74) is 0.867. The number of carbonyl (C=O) groups is 1. The van der Waals surface area contributed by atoms with Gasteiger partial charge in [0.1, 0.15) is 11.6 Å². The Kier molecular flexibility index (Phi) is 4.62. The number of anilines is 1. The molecule has 0 unspecified atom stereocenters. The van der Waals surface area contributed by atoms with Crippen LogP contribution in [0, 0.1) is 5.82 Å². The minimum absolute atomic E-state index is 0.234. The molecule has 1 N–H and O–H groups in total. The molecule has 2 aromatic rings. The van der Waals surface area contributed by atoms with Crippen molar-refractivity contribution in [2.24, 2.45) is 0 Å². The van der Waals surface area contributed by atoms with Crippen molar-refractivity contribution in [3.63, 3.8) is 0 Å². The summed E-state index contributed by atoms with van der Waals surface area (Å²) in [5, 5.41) is 3.07. The van der Waals surface area contributed by atoms with Gasteiger partial charge >= 0.3 is 0 Å². The first kappa shape index (κ1) is 14.8. The van der Waals surface area contributed by atoms with Gasteiger partial charge in [-0.2, -0.15) is 0 Å². The summed E-state index contributed by atoms with van der Waals surface area (Å²) in [4.78, 5) is 12.0. The van der Waals surface area contributed by atoms with Gasteiger partial charge in [-0.3, -0.25) is 4.79 Å². The Hall–Kier alpha value is -1.59. The second-order valence-corrected chi connectivity index (χ2v) is 5.19. The van der Waals surface area contributed by atoms with Gasteiger partial charge in [-0.15, -0.1) is 0 Å². The minimum Gasteiger partial charge on any atom is -0.495 e. The van der Waals surface area contributed by atoms with E-state index in [-0.39, 0.29) is 10.4 Å². The quantitative estimate of drug-likeness (QED) is 0.877. The Morgan fingerprint density at radius 1 is 1.30 bits per heavy atom. The number of ether oxygens (including phenoxy) is 1. The Balaban J connectivity index is 2.19. The number of hydrogen-bond acceptors (Lipinski definition) is 2. The Morgan fingerprint density at radius 2 is 2.05 bits per heavy atom. The molecule has 2 aromatic carbocycles. The van der Waals surface area contributed by atoms with E-state index in [2.05, 4.69) is 21.2 Å². The van der Waals surface area contributed by atoms with E-state index >= 15 is 0 Å². The van der Waals surface area contributed by atoms with Crippen LogP contribution in [0.15, 0.2) is 40.9 Å². The zero-order valence-corrected chi connectivity index (χ0v) is 12.8. The van der Waals surface area contributed by atoms with Crippen molar-refractivity contribution in [3.05, 3.63) is 57.3 Å². The molecule has 1 amide bonds. The summed E-state index contributed by atoms with van der Waals surface area (Å²) >= 11 is 9.01. The number of carbonyl (C=O) groups excluding carboxylic acids is 1. The van der Waals surface area contributed by atoms with Crippen LogP contribution in [-0.4, -0.2) is 13.0 Å². The van der Waals surface area contributed by atoms with E-state index in [1.807, 2.05) is 0 Å². The van der Waals surface area contributed by atoms with E-state index < -0.39 is 5.82 Å². The standard InChI is InChI=1S/C14H10BrClFNO2/c1-20-13-5-3-9(7-11(13)16)18-14(19)8-2-4-12(17)10(15)6-8/h2-7H,1H3,(H,18,19). The van der Waals surface area contributed by atoms with Crippen LogP contribution >= 0.6 is 27.5 Å². The van der Waals surface area contributed by atoms with Gasteiger partial charge in [-0.05, 0) is 52.3 Å². The summed E-state index contributed by atoms with van der Waals surface area (Å²) in [6, 6.07) is 8.94. The summed E-state index contributed by atoms with van der Waals surface area (Å²) in [6.07, 6.45) is 0. The number of nitrogens with one attached hydrogen (secondary N) is 1. The molecule has 0 saturated heterocycles. The average Bonchev–Trinajstić information content (AvgIpc) is 2.42. The van der Waals surface area contributed by atoms with Gasteiger partial charge < -0.3 is 10.1 Å². The van der Waals surface area contributed by atoms with Gasteiger partial charge in [0, 0.05) is 11.3 Å². The third kappa shape index (κ3) is 3.29. The molecule has 0 heterocycles. The molecule has 6 heteroatoms. The van der Waals surface area contributed by atoms with Crippen molar-refractivity contribution in [2.75, 3.05) is 12.4 Å². The van der Waals surface area contributed by atoms with Gasteiger partial charge in [0.2, 0.25) is 0 Å². The van der Waals surface area contributed by atoms with Crippen molar-refractivity contribution >= 4 is 39.1 Å². The molecule has 0 saturated carbocycles. The predicted molar refractivity (Wildman–Crippen MR) is 80.1 cm³/mol. The Labute approximate surface area is 128 Å². The van der Waals surface area contributed by atoms with Crippen LogP contribution in [0.2, 0.25) is 5.02 Å². The summed E-state index contributed by atoms with van der Waals surface area (Å²) in [7, 11) is 1.51. The molecule has 0 bridgehead atoms. The van der Waals surface area contributed by atoms with Gasteiger partial charge in [0.05, 0.1) is 16.6 Å². The van der Waals surface area contributed by atoms with Crippen molar-refractivity contribution in [1.82, 2.24) is 0 Å². The van der Waals surface area contributed by atoms with Crippen LogP contribution in [0.5, 0.6) is 5.75 Å². The number of hydrogen-bond donors (Lipinski definition) is 1. The number of rotatable bonds is 3. The molecule has 0 aliphatic heterocycles. The fourth-order valence-electron chi connectivity index (χ4n) is 1.58. The van der Waals surface area contributed by atoms with E-state index in [0.717, 1.165) is 0 Å². The maximum Gasteiger partial charge on any atom is 0.255 e. The molecule has 3 nitrogen and oxygen atoms in total. The molecule has 104 valence electrons. The lowest BCUT2D eigenvalue weighted by Crippen LogP contribution is -2.12. The van der Waals surface area contributed by atoms with Gasteiger partial charge in [-0.25, -0.2) is 4.39 Å². The molecular formula is C14H10BrClFNO2. The van der Waals surface area contributed by atoms with Crippen molar-refractivity contribution in [1.29, 1.82) is 0 Å². The first-order valence-electron chi connectivity index (χ1n) is 5.61. The first-order chi connectivity index (χ1) is 9.51. The SMILES string of the molecule is COc1ccc(NC(=O)c2ccc(F)c(Br)c2)cc1Cl. The smallest absolute Gasteiger partial charge is 0.255 e. The lowest BCUT2D eigenvalue weighted by Gasteiger charge is -2.08. The highest BCUT2D eigenvalue weighted by molar-refractivity contribution is 9.10. The van der Waals surface area contributed by atoms with E-state index in [1.54, 1.807) is 18.2 Å². The van der Waals surface area contributed by atoms with Crippen molar-refractivity contribution < 1.29 is 13.9 Å². The zero-order chi connectivity index (χ0) is 14.7. The van der Waals surface area contributed by atoms with Crippen molar-refractivity contribution in [3.8, 4) is 5.75 Å². The largest absolute Gasteiger partial charge is 0.495 e. The highest BCUT2D eigenvalue weighted by Gasteiger charge is 2.10. The molecule has 0 aliphatic carbocycles. The van der Waals surface area contributed by atoms with Crippen molar-refractivity contribution in [2.45, 2.75) is 0 Å². The van der Waals surface area contributed by atoms with E-state index in [0.29, 0.717) is 22.0 Å². The van der Waals surface area contributed by atoms with Crippen LogP contribution in [-0.2, 0) is 0 Å². The second-order valence-electron chi connectivity index (χ2n) is 3.93. The number of amides is 1. The molecule has 0 spiro atoms. The molecule has 0 radical (unpaired) electrons. The van der Waals surface area contributed by atoms with E-state index in [4.69, 9.17) is 16.3 Å². The van der Waals surface area contributed by atoms with Gasteiger partial charge in [-0.1, -0.05) is 11.6 Å². The van der Waals surface area contributed by atoms with E-state index in [1.165, 1.54) is 25.3 Å². The number of benzene rings is 2. The monoisotopic (exact) mass is 357 g/mol. The topological polar surface area (TPSA) is 38.3 Å². The molecule has 0 atom stereocenters. The fourth-order valence-corrected chi connectivity index (χ4v) is 2.22. The molecule has 20 heavy (non-hydrogen) atoms. The van der Waals surface area contributed by atoms with Crippen LogP contribution in [0.1, 0.15) is 10.4 Å². The van der Waals surface area contributed by atoms with E-state index in [9.17, 15) is 9.18 Å². The van der Waals surface area contributed by atoms with Crippen LogP contribution < -0.4 is 10.1 Å². The molecule has 0 aromatic heterocycles. The first-order valence-corrected chi connectivity index (χ1v) is 6.78. The average molecular weight is 359 g/mol. The highest BCUT2D eigenvalue weighted by atomic mass is 79.9. The van der Waals surface area contributed by atoms with Crippen LogP contribution in [0.25, 0.3) is 0 Å². The maximum atomic E-state index is 13.1. The van der Waals surface area contributed by atoms with Gasteiger partial charge in [0.25, 0.3) is 5.91 Å². The Morgan fingerprint density at radius 3 is 2.65 bits per heavy atom. The molecular weight excluding hydrogens is 349 g/mol. The van der Waals surface area contributed by atoms with Gasteiger partial charge in [0.15, 0.2) is 0 Å². The third-order valence-corrected chi connectivity index (χ3v) is 3.49. The predicted octanol–water partition coefficient (Wildman–Crippen LogP) is 4.50. The zero-order valence-electron chi connectivity index (χ0n) is 10.4. The van der Waals surface area contributed by atoms with Crippen LogP contribution in [0.4, 0.5) is 10.1 Å². The summed E-state index contributed by atoms with van der Waals surface area (Å²) in [6.45, 7) is 0. The minimum atomic E-state index is -0.422. The molecule has 2 rings (SSSR count). The maximum absolute atomic E-state index is 13.1. The summed E-state index contributed by atoms with van der Waals surface area (Å²) in [5.74, 6) is -0.254. The number of halogens is 3. The number of methoxy groups -OCH3 is 1. The van der Waals surface area contributed by atoms with Crippen LogP contribution in [0.3, 0.4) is 0 Å². The lowest BCUT2D eigenvalue weighted by molar-refractivity contribution is 0.102. The normalized spacial score (nSPS) is 10.2. The lowest BCUT2D eigenvalue weighted by atomic mass is 10.2. The second kappa shape index (κ2) is 6.24. The molecule has 0 aliphatic rings. The fraction of sp³-hybridized carbons (Fsp3) is 0.0714. The third-order valence-electron chi connectivity index (χ3n) is 2.59. The molecule has 0 fully saturated rings.